The molecule has 1 saturated heterocycles. The Morgan fingerprint density at radius 2 is 2.00 bits per heavy atom. The summed E-state index contributed by atoms with van der Waals surface area (Å²) in [6.07, 6.45) is 1.10. The Kier molecular flexibility index (Phi) is 2.95. The fourth-order valence-electron chi connectivity index (χ4n) is 1.96. The van der Waals surface area contributed by atoms with E-state index >= 15 is 0 Å². The third kappa shape index (κ3) is 2.54. The van der Waals surface area contributed by atoms with Gasteiger partial charge in [-0.25, -0.2) is 8.42 Å². The van der Waals surface area contributed by atoms with Crippen LogP contribution in [0.5, 0.6) is 0 Å². The van der Waals surface area contributed by atoms with E-state index in [0.717, 1.165) is 6.26 Å². The van der Waals surface area contributed by atoms with Crippen molar-refractivity contribution in [2.45, 2.75) is 17.4 Å². The highest BCUT2D eigenvalue weighted by Gasteiger charge is 2.39. The molecule has 0 spiro atoms. The van der Waals surface area contributed by atoms with E-state index in [-0.39, 0.29) is 23.9 Å². The lowest BCUT2D eigenvalue weighted by Crippen LogP contribution is -2.61. The molecule has 1 heterocycles. The van der Waals surface area contributed by atoms with Crippen LogP contribution >= 0.6 is 0 Å². The van der Waals surface area contributed by atoms with Gasteiger partial charge in [0.05, 0.1) is 23.6 Å². The highest BCUT2D eigenvalue weighted by molar-refractivity contribution is 7.90. The van der Waals surface area contributed by atoms with Crippen molar-refractivity contribution in [2.75, 3.05) is 19.3 Å². The summed E-state index contributed by atoms with van der Waals surface area (Å²) in [6, 6.07) is 5.94. The van der Waals surface area contributed by atoms with Crippen LogP contribution in [0.4, 0.5) is 0 Å². The largest absolute Gasteiger partial charge is 0.386 e. The molecule has 1 aliphatic rings. The number of carbonyl (C=O) groups excluding carboxylic acids is 1. The van der Waals surface area contributed by atoms with Crippen molar-refractivity contribution in [1.82, 2.24) is 4.90 Å². The summed E-state index contributed by atoms with van der Waals surface area (Å²) in [5.41, 5.74) is -0.502. The quantitative estimate of drug-likeness (QED) is 0.837. The zero-order chi connectivity index (χ0) is 13.6. The molecule has 2 rings (SSSR count). The van der Waals surface area contributed by atoms with E-state index in [4.69, 9.17) is 0 Å². The molecule has 1 amide bonds. The van der Waals surface area contributed by atoms with Gasteiger partial charge in [0, 0.05) is 11.8 Å². The maximum Gasteiger partial charge on any atom is 0.254 e. The highest BCUT2D eigenvalue weighted by Crippen LogP contribution is 2.23. The smallest absolute Gasteiger partial charge is 0.254 e. The molecule has 5 nitrogen and oxygen atoms in total. The van der Waals surface area contributed by atoms with Gasteiger partial charge in [0.15, 0.2) is 9.84 Å². The van der Waals surface area contributed by atoms with E-state index in [0.29, 0.717) is 5.56 Å². The molecule has 1 aliphatic heterocycles. The third-order valence-corrected chi connectivity index (χ3v) is 3.97. The Balaban J connectivity index is 2.22. The Hall–Kier alpha value is -1.40. The van der Waals surface area contributed by atoms with Crippen LogP contribution in [0, 0.1) is 0 Å². The molecular weight excluding hydrogens is 254 g/mol. The molecule has 1 fully saturated rings. The molecule has 0 unspecified atom stereocenters. The number of hydrogen-bond acceptors (Lipinski definition) is 4. The zero-order valence-electron chi connectivity index (χ0n) is 10.3. The van der Waals surface area contributed by atoms with E-state index in [9.17, 15) is 18.3 Å². The molecule has 18 heavy (non-hydrogen) atoms. The molecule has 1 aromatic carbocycles. The van der Waals surface area contributed by atoms with E-state index in [2.05, 4.69) is 0 Å². The van der Waals surface area contributed by atoms with Crippen molar-refractivity contribution in [3.63, 3.8) is 0 Å². The minimum absolute atomic E-state index is 0.126. The van der Waals surface area contributed by atoms with Gasteiger partial charge >= 0.3 is 0 Å². The molecule has 98 valence electrons. The van der Waals surface area contributed by atoms with Crippen LogP contribution in [0.1, 0.15) is 17.3 Å². The van der Waals surface area contributed by atoms with E-state index in [1.165, 1.54) is 17.0 Å². The van der Waals surface area contributed by atoms with Crippen molar-refractivity contribution in [3.8, 4) is 0 Å². The summed E-state index contributed by atoms with van der Waals surface area (Å²) in [4.78, 5) is 13.6. The first kappa shape index (κ1) is 13.0. The van der Waals surface area contributed by atoms with Gasteiger partial charge in [-0.2, -0.15) is 0 Å². The second kappa shape index (κ2) is 4.07. The Morgan fingerprint density at radius 3 is 2.50 bits per heavy atom. The average molecular weight is 269 g/mol. The van der Waals surface area contributed by atoms with Crippen LogP contribution in [0.3, 0.4) is 0 Å². The standard InChI is InChI=1S/C12H15NO4S/c1-12(15)7-13(8-12)11(14)9-4-3-5-10(6-9)18(2,16)17/h3-6,15H,7-8H2,1-2H3. The molecule has 0 saturated carbocycles. The fraction of sp³-hybridized carbons (Fsp3) is 0.417. The van der Waals surface area contributed by atoms with E-state index in [1.807, 2.05) is 0 Å². The number of β-amino-alcohol motifs (C(OH)–C–C–N with tert-alkyl or cyclic N) is 1. The van der Waals surface area contributed by atoms with E-state index in [1.54, 1.807) is 19.1 Å². The van der Waals surface area contributed by atoms with Gasteiger partial charge in [-0.15, -0.1) is 0 Å². The van der Waals surface area contributed by atoms with Crippen LogP contribution in [-0.2, 0) is 9.84 Å². The molecule has 0 bridgehead atoms. The number of carbonyl (C=O) groups is 1. The molecule has 0 atom stereocenters. The number of nitrogens with zero attached hydrogens (tertiary/aromatic N) is 1. The number of aliphatic hydroxyl groups is 1. The van der Waals surface area contributed by atoms with Crippen LogP contribution in [0.2, 0.25) is 0 Å². The van der Waals surface area contributed by atoms with E-state index < -0.39 is 15.4 Å². The minimum Gasteiger partial charge on any atom is -0.386 e. The summed E-state index contributed by atoms with van der Waals surface area (Å²) in [7, 11) is -3.32. The number of benzene rings is 1. The monoisotopic (exact) mass is 269 g/mol. The predicted molar refractivity (Wildman–Crippen MR) is 66.1 cm³/mol. The van der Waals surface area contributed by atoms with Crippen LogP contribution in [-0.4, -0.2) is 49.3 Å². The van der Waals surface area contributed by atoms with Crippen molar-refractivity contribution in [2.24, 2.45) is 0 Å². The molecule has 0 aromatic heterocycles. The van der Waals surface area contributed by atoms with Gasteiger partial charge in [0.25, 0.3) is 5.91 Å². The zero-order valence-corrected chi connectivity index (χ0v) is 11.1. The molecule has 1 aromatic rings. The maximum atomic E-state index is 12.0. The maximum absolute atomic E-state index is 12.0. The number of rotatable bonds is 2. The highest BCUT2D eigenvalue weighted by atomic mass is 32.2. The van der Waals surface area contributed by atoms with Crippen molar-refractivity contribution >= 4 is 15.7 Å². The SMILES string of the molecule is CC1(O)CN(C(=O)c2cccc(S(C)(=O)=O)c2)C1. The molecule has 6 heteroatoms. The summed E-state index contributed by atoms with van der Waals surface area (Å²) in [5.74, 6) is -0.257. The summed E-state index contributed by atoms with van der Waals surface area (Å²) in [6.45, 7) is 2.20. The lowest BCUT2D eigenvalue weighted by atomic mass is 9.96. The number of hydrogen-bond donors (Lipinski definition) is 1. The first-order valence-electron chi connectivity index (χ1n) is 5.51. The lowest BCUT2D eigenvalue weighted by Gasteiger charge is -2.44. The second-order valence-electron chi connectivity index (χ2n) is 4.96. The summed E-state index contributed by atoms with van der Waals surface area (Å²) < 4.78 is 22.8. The van der Waals surface area contributed by atoms with Crippen molar-refractivity contribution in [3.05, 3.63) is 29.8 Å². The predicted octanol–water partition coefficient (Wildman–Crippen LogP) is 0.297. The minimum atomic E-state index is -3.32. The normalized spacial score (nSPS) is 18.3. The number of likely N-dealkylation sites (tertiary alicyclic amines) is 1. The van der Waals surface area contributed by atoms with Crippen LogP contribution in [0.15, 0.2) is 29.2 Å². The van der Waals surface area contributed by atoms with Crippen molar-refractivity contribution < 1.29 is 18.3 Å². The summed E-state index contributed by atoms with van der Waals surface area (Å²) in [5, 5.41) is 9.57. The van der Waals surface area contributed by atoms with Gasteiger partial charge in [0.2, 0.25) is 0 Å². The Labute approximate surface area is 106 Å². The van der Waals surface area contributed by atoms with Gasteiger partial charge < -0.3 is 10.0 Å². The van der Waals surface area contributed by atoms with Gasteiger partial charge in [-0.3, -0.25) is 4.79 Å². The number of sulfone groups is 1. The average Bonchev–Trinajstić information content (AvgIpc) is 2.24. The van der Waals surface area contributed by atoms with Crippen LogP contribution < -0.4 is 0 Å². The Morgan fingerprint density at radius 1 is 1.39 bits per heavy atom. The second-order valence-corrected chi connectivity index (χ2v) is 6.97. The summed E-state index contributed by atoms with van der Waals surface area (Å²) >= 11 is 0. The lowest BCUT2D eigenvalue weighted by molar-refractivity contribution is -0.0668. The Bertz CT molecular complexity index is 584. The molecule has 1 N–H and O–H groups in total. The molecular formula is C12H15NO4S. The third-order valence-electron chi connectivity index (χ3n) is 2.86. The van der Waals surface area contributed by atoms with Gasteiger partial charge in [-0.1, -0.05) is 6.07 Å². The number of amides is 1. The van der Waals surface area contributed by atoms with Crippen LogP contribution in [0.25, 0.3) is 0 Å². The first-order chi connectivity index (χ1) is 8.19. The fourth-order valence-corrected chi connectivity index (χ4v) is 2.63. The van der Waals surface area contributed by atoms with Gasteiger partial charge in [-0.05, 0) is 25.1 Å². The molecule has 0 aliphatic carbocycles. The molecule has 0 radical (unpaired) electrons. The van der Waals surface area contributed by atoms with Gasteiger partial charge in [0.1, 0.15) is 0 Å². The van der Waals surface area contributed by atoms with Crippen molar-refractivity contribution in [1.29, 1.82) is 0 Å². The first-order valence-corrected chi connectivity index (χ1v) is 7.40. The topological polar surface area (TPSA) is 74.7 Å².